The maximum atomic E-state index is 13.2. The molecule has 6 heteroatoms. The van der Waals surface area contributed by atoms with Crippen molar-refractivity contribution in [3.8, 4) is 0 Å². The Morgan fingerprint density at radius 1 is 0.821 bits per heavy atom. The molecule has 28 heavy (non-hydrogen) atoms. The molecule has 3 amide bonds. The summed E-state index contributed by atoms with van der Waals surface area (Å²) in [6.07, 6.45) is 1.58. The first-order valence-corrected chi connectivity index (χ1v) is 9.32. The molecule has 1 aliphatic rings. The molecular formula is C22H18ClN3O2. The van der Waals surface area contributed by atoms with Gasteiger partial charge in [0.25, 0.3) is 5.91 Å². The van der Waals surface area contributed by atoms with Crippen molar-refractivity contribution in [1.82, 2.24) is 14.8 Å². The molecule has 1 aromatic heterocycles. The van der Waals surface area contributed by atoms with Crippen LogP contribution in [-0.2, 0) is 17.9 Å². The monoisotopic (exact) mass is 391 g/mol. The molecule has 3 aromatic rings. The third-order valence-corrected chi connectivity index (χ3v) is 4.95. The van der Waals surface area contributed by atoms with E-state index in [4.69, 9.17) is 11.6 Å². The second-order valence-electron chi connectivity index (χ2n) is 6.62. The topological polar surface area (TPSA) is 53.5 Å². The second kappa shape index (κ2) is 7.82. The molecule has 1 saturated heterocycles. The summed E-state index contributed by atoms with van der Waals surface area (Å²) in [5.41, 5.74) is 2.52. The summed E-state index contributed by atoms with van der Waals surface area (Å²) in [4.78, 5) is 33.3. The lowest BCUT2D eigenvalue weighted by atomic mass is 10.1. The van der Waals surface area contributed by atoms with Gasteiger partial charge in [0.05, 0.1) is 6.54 Å². The summed E-state index contributed by atoms with van der Waals surface area (Å²) in [5, 5.41) is 0.371. The number of rotatable bonds is 5. The molecule has 0 radical (unpaired) electrons. The van der Waals surface area contributed by atoms with Gasteiger partial charge in [0.1, 0.15) is 11.2 Å². The standard InChI is InChI=1S/C22H18ClN3O2/c23-19-12-11-17(13-24-19)15-26-21(27)20(18-9-5-2-6-10-18)25(22(26)28)14-16-7-3-1-4-8-16/h1-13,20H,14-15H2. The fourth-order valence-corrected chi connectivity index (χ4v) is 3.48. The maximum Gasteiger partial charge on any atom is 0.328 e. The lowest BCUT2D eigenvalue weighted by Gasteiger charge is -2.22. The number of hydrogen-bond donors (Lipinski definition) is 0. The molecule has 1 atom stereocenters. The molecule has 1 fully saturated rings. The van der Waals surface area contributed by atoms with Crippen LogP contribution < -0.4 is 0 Å². The van der Waals surface area contributed by atoms with Crippen LogP contribution in [0.3, 0.4) is 0 Å². The molecule has 0 bridgehead atoms. The van der Waals surface area contributed by atoms with Gasteiger partial charge in [-0.25, -0.2) is 9.78 Å². The zero-order valence-electron chi connectivity index (χ0n) is 15.0. The fourth-order valence-electron chi connectivity index (χ4n) is 3.37. The van der Waals surface area contributed by atoms with E-state index in [0.29, 0.717) is 11.7 Å². The number of halogens is 1. The Morgan fingerprint density at radius 2 is 1.50 bits per heavy atom. The van der Waals surface area contributed by atoms with Crippen molar-refractivity contribution in [1.29, 1.82) is 0 Å². The fraction of sp³-hybridized carbons (Fsp3) is 0.136. The zero-order valence-corrected chi connectivity index (χ0v) is 15.8. The van der Waals surface area contributed by atoms with Gasteiger partial charge in [-0.3, -0.25) is 9.69 Å². The van der Waals surface area contributed by atoms with Gasteiger partial charge >= 0.3 is 6.03 Å². The van der Waals surface area contributed by atoms with Crippen LogP contribution in [0.25, 0.3) is 0 Å². The Hall–Kier alpha value is -3.18. The van der Waals surface area contributed by atoms with Crippen LogP contribution in [0.1, 0.15) is 22.7 Å². The molecule has 4 rings (SSSR count). The quantitative estimate of drug-likeness (QED) is 0.477. The molecule has 0 N–H and O–H groups in total. The van der Waals surface area contributed by atoms with Crippen molar-refractivity contribution >= 4 is 23.5 Å². The Morgan fingerprint density at radius 3 is 2.14 bits per heavy atom. The van der Waals surface area contributed by atoms with E-state index < -0.39 is 6.04 Å². The lowest BCUT2D eigenvalue weighted by molar-refractivity contribution is -0.128. The first kappa shape index (κ1) is 18.2. The average Bonchev–Trinajstić information content (AvgIpc) is 2.95. The number of pyridine rings is 1. The van der Waals surface area contributed by atoms with E-state index in [1.165, 1.54) is 4.90 Å². The Bertz CT molecular complexity index is 978. The van der Waals surface area contributed by atoms with Crippen LogP contribution >= 0.6 is 11.6 Å². The molecule has 2 heterocycles. The lowest BCUT2D eigenvalue weighted by Crippen LogP contribution is -2.32. The smallest absolute Gasteiger partial charge is 0.304 e. The van der Waals surface area contributed by atoms with E-state index in [1.54, 1.807) is 23.2 Å². The summed E-state index contributed by atoms with van der Waals surface area (Å²) >= 11 is 5.84. The maximum absolute atomic E-state index is 13.2. The minimum Gasteiger partial charge on any atom is -0.304 e. The molecule has 1 aliphatic heterocycles. The number of nitrogens with zero attached hydrogens (tertiary/aromatic N) is 3. The first-order chi connectivity index (χ1) is 13.6. The predicted molar refractivity (Wildman–Crippen MR) is 106 cm³/mol. The molecule has 2 aromatic carbocycles. The number of urea groups is 1. The second-order valence-corrected chi connectivity index (χ2v) is 7.01. The van der Waals surface area contributed by atoms with Crippen LogP contribution in [0.5, 0.6) is 0 Å². The summed E-state index contributed by atoms with van der Waals surface area (Å²) in [6.45, 7) is 0.525. The van der Waals surface area contributed by atoms with Gasteiger partial charge in [-0.1, -0.05) is 78.3 Å². The molecule has 0 saturated carbocycles. The summed E-state index contributed by atoms with van der Waals surface area (Å²) in [5.74, 6) is -0.234. The Labute approximate surface area is 168 Å². The first-order valence-electron chi connectivity index (χ1n) is 8.95. The molecule has 1 unspecified atom stereocenters. The van der Waals surface area contributed by atoms with E-state index in [2.05, 4.69) is 4.98 Å². The normalized spacial score (nSPS) is 16.7. The summed E-state index contributed by atoms with van der Waals surface area (Å²) < 4.78 is 0. The van der Waals surface area contributed by atoms with Crippen LogP contribution in [-0.4, -0.2) is 26.7 Å². The number of hydrogen-bond acceptors (Lipinski definition) is 3. The number of amides is 3. The van der Waals surface area contributed by atoms with Crippen molar-refractivity contribution in [2.75, 3.05) is 0 Å². The summed E-state index contributed by atoms with van der Waals surface area (Å²) in [7, 11) is 0. The molecule has 0 aliphatic carbocycles. The van der Waals surface area contributed by atoms with Gasteiger partial charge in [0.2, 0.25) is 0 Å². The number of aromatic nitrogens is 1. The van der Waals surface area contributed by atoms with Crippen molar-refractivity contribution in [2.45, 2.75) is 19.1 Å². The number of carbonyl (C=O) groups is 2. The highest BCUT2D eigenvalue weighted by Gasteiger charge is 2.45. The van der Waals surface area contributed by atoms with Crippen molar-refractivity contribution in [2.24, 2.45) is 0 Å². The van der Waals surface area contributed by atoms with E-state index in [1.807, 2.05) is 60.7 Å². The molecule has 140 valence electrons. The van der Waals surface area contributed by atoms with Gasteiger partial charge in [-0.2, -0.15) is 0 Å². The third-order valence-electron chi connectivity index (χ3n) is 4.73. The zero-order chi connectivity index (χ0) is 19.5. The van der Waals surface area contributed by atoms with Gasteiger partial charge in [0, 0.05) is 12.7 Å². The van der Waals surface area contributed by atoms with Crippen molar-refractivity contribution in [3.05, 3.63) is 101 Å². The van der Waals surface area contributed by atoms with E-state index in [9.17, 15) is 9.59 Å². The molecular weight excluding hydrogens is 374 g/mol. The van der Waals surface area contributed by atoms with Crippen LogP contribution in [0.15, 0.2) is 79.0 Å². The Kier molecular flexibility index (Phi) is 5.08. The number of carbonyl (C=O) groups excluding carboxylic acids is 2. The highest BCUT2D eigenvalue weighted by atomic mass is 35.5. The highest BCUT2D eigenvalue weighted by Crippen LogP contribution is 2.33. The number of imide groups is 1. The van der Waals surface area contributed by atoms with E-state index in [0.717, 1.165) is 16.7 Å². The highest BCUT2D eigenvalue weighted by molar-refractivity contribution is 6.29. The third kappa shape index (κ3) is 3.62. The van der Waals surface area contributed by atoms with Crippen molar-refractivity contribution < 1.29 is 9.59 Å². The largest absolute Gasteiger partial charge is 0.328 e. The predicted octanol–water partition coefficient (Wildman–Crippen LogP) is 4.44. The summed E-state index contributed by atoms with van der Waals surface area (Å²) in [6, 6.07) is 21.5. The van der Waals surface area contributed by atoms with Gasteiger partial charge < -0.3 is 4.90 Å². The molecule has 5 nitrogen and oxygen atoms in total. The minimum absolute atomic E-state index is 0.163. The van der Waals surface area contributed by atoms with Crippen molar-refractivity contribution in [3.63, 3.8) is 0 Å². The SMILES string of the molecule is O=C1C(c2ccccc2)N(Cc2ccccc2)C(=O)N1Cc1ccc(Cl)nc1. The Balaban J connectivity index is 1.66. The van der Waals surface area contributed by atoms with E-state index >= 15 is 0 Å². The van der Waals surface area contributed by atoms with Gasteiger partial charge in [-0.05, 0) is 22.8 Å². The van der Waals surface area contributed by atoms with Gasteiger partial charge in [-0.15, -0.1) is 0 Å². The minimum atomic E-state index is -0.644. The number of benzene rings is 2. The average molecular weight is 392 g/mol. The molecule has 0 spiro atoms. The van der Waals surface area contributed by atoms with Crippen LogP contribution in [0.4, 0.5) is 4.79 Å². The van der Waals surface area contributed by atoms with Gasteiger partial charge in [0.15, 0.2) is 0 Å². The van der Waals surface area contributed by atoms with Crippen LogP contribution in [0, 0.1) is 0 Å². The van der Waals surface area contributed by atoms with E-state index in [-0.39, 0.29) is 18.5 Å². The van der Waals surface area contributed by atoms with Crippen LogP contribution in [0.2, 0.25) is 5.15 Å².